The summed E-state index contributed by atoms with van der Waals surface area (Å²) in [6, 6.07) is 9.73. The molecule has 0 amide bonds. The molecule has 0 aliphatic rings. The molecule has 0 bridgehead atoms. The van der Waals surface area contributed by atoms with E-state index in [0.29, 0.717) is 11.5 Å². The summed E-state index contributed by atoms with van der Waals surface area (Å²) in [5, 5.41) is 3.28. The molecule has 0 aliphatic heterocycles. The Bertz CT molecular complexity index is 520. The van der Waals surface area contributed by atoms with Gasteiger partial charge in [-0.25, -0.2) is 0 Å². The molecule has 3 nitrogen and oxygen atoms in total. The van der Waals surface area contributed by atoms with Crippen LogP contribution in [0.4, 0.5) is 5.69 Å². The highest BCUT2D eigenvalue weighted by atomic mass is 32.1. The average molecular weight is 246 g/mol. The molecule has 0 unspecified atom stereocenters. The second kappa shape index (κ2) is 5.01. The van der Waals surface area contributed by atoms with Crippen LogP contribution < -0.4 is 11.1 Å². The van der Waals surface area contributed by atoms with E-state index in [0.717, 1.165) is 22.6 Å². The number of anilines is 1. The Kier molecular flexibility index (Phi) is 3.44. The zero-order valence-corrected chi connectivity index (χ0v) is 10.4. The number of benzene rings is 1. The largest absolute Gasteiger partial charge is 0.467 e. The van der Waals surface area contributed by atoms with Crippen molar-refractivity contribution >= 4 is 22.9 Å². The van der Waals surface area contributed by atoms with Gasteiger partial charge >= 0.3 is 0 Å². The summed E-state index contributed by atoms with van der Waals surface area (Å²) in [4.78, 5) is 0.395. The number of rotatable bonds is 4. The molecule has 0 fully saturated rings. The van der Waals surface area contributed by atoms with E-state index in [1.807, 2.05) is 37.3 Å². The normalized spacial score (nSPS) is 10.2. The van der Waals surface area contributed by atoms with Crippen molar-refractivity contribution in [3.05, 3.63) is 53.5 Å². The fraction of sp³-hybridized carbons (Fsp3) is 0.154. The first kappa shape index (κ1) is 11.7. The van der Waals surface area contributed by atoms with Crippen LogP contribution in [-0.4, -0.2) is 4.99 Å². The number of nitrogens with two attached hydrogens (primary N) is 1. The molecule has 1 aromatic heterocycles. The minimum atomic E-state index is 0.395. The van der Waals surface area contributed by atoms with Crippen LogP contribution in [0.3, 0.4) is 0 Å². The molecule has 0 atom stereocenters. The molecule has 0 saturated heterocycles. The lowest BCUT2D eigenvalue weighted by molar-refractivity contribution is 0.518. The molecular weight excluding hydrogens is 232 g/mol. The highest BCUT2D eigenvalue weighted by Gasteiger charge is 2.05. The van der Waals surface area contributed by atoms with E-state index in [1.54, 1.807) is 6.26 Å². The van der Waals surface area contributed by atoms with E-state index >= 15 is 0 Å². The van der Waals surface area contributed by atoms with Gasteiger partial charge in [-0.05, 0) is 36.8 Å². The van der Waals surface area contributed by atoms with Gasteiger partial charge in [-0.3, -0.25) is 0 Å². The third-order valence-corrected chi connectivity index (χ3v) is 2.69. The van der Waals surface area contributed by atoms with Gasteiger partial charge in [-0.15, -0.1) is 0 Å². The van der Waals surface area contributed by atoms with Crippen molar-refractivity contribution in [2.24, 2.45) is 5.73 Å². The Morgan fingerprint density at radius 1 is 1.41 bits per heavy atom. The Morgan fingerprint density at radius 3 is 2.88 bits per heavy atom. The van der Waals surface area contributed by atoms with Gasteiger partial charge in [0.1, 0.15) is 10.7 Å². The van der Waals surface area contributed by atoms with Crippen molar-refractivity contribution in [2.75, 3.05) is 5.32 Å². The standard InChI is InChI=1S/C13H14N2OS/c1-9-4-5-11(13(14)17)12(7-9)15-8-10-3-2-6-16-10/h2-7,15H,8H2,1H3,(H2,14,17). The first-order chi connectivity index (χ1) is 8.16. The number of thiocarbonyl (C=S) groups is 1. The molecule has 0 saturated carbocycles. The van der Waals surface area contributed by atoms with Crippen LogP contribution in [0.5, 0.6) is 0 Å². The van der Waals surface area contributed by atoms with Crippen molar-refractivity contribution in [1.82, 2.24) is 0 Å². The number of hydrogen-bond donors (Lipinski definition) is 2. The maximum atomic E-state index is 5.68. The van der Waals surface area contributed by atoms with E-state index in [-0.39, 0.29) is 0 Å². The second-order valence-corrected chi connectivity index (χ2v) is 4.29. The minimum Gasteiger partial charge on any atom is -0.467 e. The summed E-state index contributed by atoms with van der Waals surface area (Å²) in [6.45, 7) is 2.65. The molecule has 88 valence electrons. The van der Waals surface area contributed by atoms with E-state index in [9.17, 15) is 0 Å². The fourth-order valence-electron chi connectivity index (χ4n) is 1.61. The second-order valence-electron chi connectivity index (χ2n) is 3.85. The van der Waals surface area contributed by atoms with E-state index in [2.05, 4.69) is 5.32 Å². The van der Waals surface area contributed by atoms with Gasteiger partial charge in [-0.2, -0.15) is 0 Å². The van der Waals surface area contributed by atoms with Crippen LogP contribution in [-0.2, 0) is 6.54 Å². The maximum absolute atomic E-state index is 5.68. The molecule has 0 aliphatic carbocycles. The van der Waals surface area contributed by atoms with Gasteiger partial charge in [0.2, 0.25) is 0 Å². The summed E-state index contributed by atoms with van der Waals surface area (Å²) >= 11 is 5.02. The first-order valence-corrected chi connectivity index (χ1v) is 5.74. The van der Waals surface area contributed by atoms with Gasteiger partial charge in [0.05, 0.1) is 12.8 Å². The average Bonchev–Trinajstić information content (AvgIpc) is 2.78. The summed E-state index contributed by atoms with van der Waals surface area (Å²) < 4.78 is 5.26. The molecular formula is C13H14N2OS. The molecule has 17 heavy (non-hydrogen) atoms. The number of furan rings is 1. The third-order valence-electron chi connectivity index (χ3n) is 2.47. The third kappa shape index (κ3) is 2.85. The van der Waals surface area contributed by atoms with Gasteiger partial charge in [-0.1, -0.05) is 18.3 Å². The Balaban J connectivity index is 2.19. The highest BCUT2D eigenvalue weighted by Crippen LogP contribution is 2.18. The quantitative estimate of drug-likeness (QED) is 0.814. The topological polar surface area (TPSA) is 51.2 Å². The monoisotopic (exact) mass is 246 g/mol. The lowest BCUT2D eigenvalue weighted by atomic mass is 10.1. The zero-order chi connectivity index (χ0) is 12.3. The van der Waals surface area contributed by atoms with Crippen molar-refractivity contribution in [3.63, 3.8) is 0 Å². The summed E-state index contributed by atoms with van der Waals surface area (Å²) in [6.07, 6.45) is 1.65. The number of hydrogen-bond acceptors (Lipinski definition) is 3. The maximum Gasteiger partial charge on any atom is 0.122 e. The van der Waals surface area contributed by atoms with Crippen molar-refractivity contribution in [3.8, 4) is 0 Å². The summed E-state index contributed by atoms with van der Waals surface area (Å²) in [5.41, 5.74) is 8.64. The first-order valence-electron chi connectivity index (χ1n) is 5.33. The zero-order valence-electron chi connectivity index (χ0n) is 9.57. The molecule has 3 N–H and O–H groups in total. The number of aryl methyl sites for hydroxylation is 1. The van der Waals surface area contributed by atoms with E-state index in [4.69, 9.17) is 22.4 Å². The number of nitrogens with one attached hydrogen (secondary N) is 1. The van der Waals surface area contributed by atoms with Gasteiger partial charge in [0.25, 0.3) is 0 Å². The molecule has 2 aromatic rings. The molecule has 2 rings (SSSR count). The predicted molar refractivity (Wildman–Crippen MR) is 73.1 cm³/mol. The molecule has 4 heteroatoms. The van der Waals surface area contributed by atoms with Crippen LogP contribution in [0.25, 0.3) is 0 Å². The Hall–Kier alpha value is -1.81. The van der Waals surface area contributed by atoms with Crippen LogP contribution >= 0.6 is 12.2 Å². The Morgan fingerprint density at radius 2 is 2.24 bits per heavy atom. The molecule has 0 spiro atoms. The molecule has 1 aromatic carbocycles. The van der Waals surface area contributed by atoms with Gasteiger partial charge < -0.3 is 15.5 Å². The van der Waals surface area contributed by atoms with E-state index in [1.165, 1.54) is 0 Å². The fourth-order valence-corrected chi connectivity index (χ4v) is 1.79. The van der Waals surface area contributed by atoms with Crippen LogP contribution in [0.1, 0.15) is 16.9 Å². The van der Waals surface area contributed by atoms with E-state index < -0.39 is 0 Å². The molecule has 1 heterocycles. The predicted octanol–water partition coefficient (Wildman–Crippen LogP) is 2.83. The highest BCUT2D eigenvalue weighted by molar-refractivity contribution is 7.80. The Labute approximate surface area is 106 Å². The minimum absolute atomic E-state index is 0.395. The van der Waals surface area contributed by atoms with Crippen LogP contribution in [0, 0.1) is 6.92 Å². The lowest BCUT2D eigenvalue weighted by Gasteiger charge is -2.11. The van der Waals surface area contributed by atoms with Crippen molar-refractivity contribution in [1.29, 1.82) is 0 Å². The van der Waals surface area contributed by atoms with Gasteiger partial charge in [0, 0.05) is 11.3 Å². The van der Waals surface area contributed by atoms with Crippen molar-refractivity contribution in [2.45, 2.75) is 13.5 Å². The lowest BCUT2D eigenvalue weighted by Crippen LogP contribution is -2.13. The summed E-state index contributed by atoms with van der Waals surface area (Å²) in [7, 11) is 0. The van der Waals surface area contributed by atoms with Gasteiger partial charge in [0.15, 0.2) is 0 Å². The summed E-state index contributed by atoms with van der Waals surface area (Å²) in [5.74, 6) is 0.875. The van der Waals surface area contributed by atoms with Crippen molar-refractivity contribution < 1.29 is 4.42 Å². The van der Waals surface area contributed by atoms with Crippen LogP contribution in [0.15, 0.2) is 41.0 Å². The van der Waals surface area contributed by atoms with Crippen LogP contribution in [0.2, 0.25) is 0 Å². The smallest absolute Gasteiger partial charge is 0.122 e. The molecule has 0 radical (unpaired) electrons. The SMILES string of the molecule is Cc1ccc(C(N)=S)c(NCc2ccco2)c1.